The summed E-state index contributed by atoms with van der Waals surface area (Å²) in [6.07, 6.45) is -6.46. The molecule has 1 rings (SSSR count). The fourth-order valence-electron chi connectivity index (χ4n) is 1.36. The molecule has 17 heavy (non-hydrogen) atoms. The van der Waals surface area contributed by atoms with Crippen molar-refractivity contribution in [1.29, 1.82) is 0 Å². The summed E-state index contributed by atoms with van der Waals surface area (Å²) in [6, 6.07) is 4.20. The van der Waals surface area contributed by atoms with Gasteiger partial charge < -0.3 is 5.11 Å². The monoisotopic (exact) mass is 269 g/mol. The average molecular weight is 269 g/mol. The van der Waals surface area contributed by atoms with Gasteiger partial charge in [0, 0.05) is 0 Å². The van der Waals surface area contributed by atoms with E-state index in [1.807, 2.05) is 0 Å². The molecule has 0 aliphatic carbocycles. The van der Waals surface area contributed by atoms with E-state index in [-0.39, 0.29) is 0 Å². The number of alkyl halides is 3. The highest BCUT2D eigenvalue weighted by atomic mass is 32.2. The van der Waals surface area contributed by atoms with Crippen LogP contribution in [0.3, 0.4) is 0 Å². The molecule has 0 saturated heterocycles. The number of sulfonamides is 1. The van der Waals surface area contributed by atoms with Crippen molar-refractivity contribution in [1.82, 2.24) is 0 Å². The van der Waals surface area contributed by atoms with Gasteiger partial charge in [-0.25, -0.2) is 13.6 Å². The third-order valence-corrected chi connectivity index (χ3v) is 2.80. The van der Waals surface area contributed by atoms with E-state index in [0.29, 0.717) is 0 Å². The van der Waals surface area contributed by atoms with Crippen LogP contribution >= 0.6 is 0 Å². The smallest absolute Gasteiger partial charge is 0.387 e. The molecule has 0 amide bonds. The van der Waals surface area contributed by atoms with Gasteiger partial charge in [-0.2, -0.15) is 13.2 Å². The summed E-state index contributed by atoms with van der Waals surface area (Å²) in [7, 11) is -4.05. The SMILES string of the molecule is NS(=O)(=O)CC(O)c1ccccc1C(F)(F)F. The molecule has 8 heteroatoms. The quantitative estimate of drug-likeness (QED) is 0.860. The lowest BCUT2D eigenvalue weighted by atomic mass is 10.0. The summed E-state index contributed by atoms with van der Waals surface area (Å²) in [5, 5.41) is 14.1. The van der Waals surface area contributed by atoms with Crippen LogP contribution in [0.4, 0.5) is 13.2 Å². The summed E-state index contributed by atoms with van der Waals surface area (Å²) in [5.41, 5.74) is -1.58. The molecule has 0 heterocycles. The van der Waals surface area contributed by atoms with E-state index in [0.717, 1.165) is 18.2 Å². The van der Waals surface area contributed by atoms with Crippen molar-refractivity contribution in [2.24, 2.45) is 5.14 Å². The van der Waals surface area contributed by atoms with Crippen LogP contribution in [0, 0.1) is 0 Å². The molecular formula is C9H10F3NO3S. The molecule has 0 aliphatic heterocycles. The lowest BCUT2D eigenvalue weighted by molar-refractivity contribution is -0.139. The molecule has 0 spiro atoms. The van der Waals surface area contributed by atoms with Crippen LogP contribution in [-0.2, 0) is 16.2 Å². The van der Waals surface area contributed by atoms with Gasteiger partial charge in [0.1, 0.15) is 0 Å². The molecule has 1 aromatic carbocycles. The van der Waals surface area contributed by atoms with E-state index in [1.165, 1.54) is 6.07 Å². The second-order valence-electron chi connectivity index (χ2n) is 3.43. The number of primary sulfonamides is 1. The van der Waals surface area contributed by atoms with E-state index in [4.69, 9.17) is 0 Å². The van der Waals surface area contributed by atoms with Crippen molar-refractivity contribution >= 4 is 10.0 Å². The highest BCUT2D eigenvalue weighted by Gasteiger charge is 2.35. The highest BCUT2D eigenvalue weighted by Crippen LogP contribution is 2.34. The van der Waals surface area contributed by atoms with Gasteiger partial charge in [-0.3, -0.25) is 0 Å². The standard InChI is InChI=1S/C9H10F3NO3S/c10-9(11,12)7-4-2-1-3-6(7)8(14)5-17(13,15)16/h1-4,8,14H,5H2,(H2,13,15,16). The maximum Gasteiger partial charge on any atom is 0.416 e. The lowest BCUT2D eigenvalue weighted by Crippen LogP contribution is -2.23. The van der Waals surface area contributed by atoms with Gasteiger partial charge in [-0.1, -0.05) is 18.2 Å². The van der Waals surface area contributed by atoms with Crippen molar-refractivity contribution in [3.8, 4) is 0 Å². The summed E-state index contributed by atoms with van der Waals surface area (Å²) in [4.78, 5) is 0. The molecule has 0 bridgehead atoms. The van der Waals surface area contributed by atoms with Crippen LogP contribution in [0.2, 0.25) is 0 Å². The molecule has 1 unspecified atom stereocenters. The number of hydrogen-bond donors (Lipinski definition) is 2. The van der Waals surface area contributed by atoms with Crippen LogP contribution in [-0.4, -0.2) is 19.3 Å². The van der Waals surface area contributed by atoms with Gasteiger partial charge in [-0.05, 0) is 11.6 Å². The molecule has 96 valence electrons. The Morgan fingerprint density at radius 1 is 1.29 bits per heavy atom. The molecule has 0 aliphatic rings. The van der Waals surface area contributed by atoms with Crippen LogP contribution in [0.5, 0.6) is 0 Å². The summed E-state index contributed by atoms with van der Waals surface area (Å²) < 4.78 is 59.1. The molecule has 1 aromatic rings. The third kappa shape index (κ3) is 3.99. The van der Waals surface area contributed by atoms with Crippen LogP contribution in [0.1, 0.15) is 17.2 Å². The molecule has 0 radical (unpaired) electrons. The fourth-order valence-corrected chi connectivity index (χ4v) is 1.98. The molecule has 0 aromatic heterocycles. The Hall–Kier alpha value is -1.12. The Morgan fingerprint density at radius 3 is 2.29 bits per heavy atom. The maximum atomic E-state index is 12.5. The second kappa shape index (κ2) is 4.63. The second-order valence-corrected chi connectivity index (χ2v) is 5.09. The minimum Gasteiger partial charge on any atom is -0.387 e. The third-order valence-electron chi connectivity index (χ3n) is 2.02. The van der Waals surface area contributed by atoms with Crippen molar-refractivity contribution in [2.75, 3.05) is 5.75 Å². The summed E-state index contributed by atoms with van der Waals surface area (Å²) >= 11 is 0. The topological polar surface area (TPSA) is 80.4 Å². The van der Waals surface area contributed by atoms with E-state index >= 15 is 0 Å². The van der Waals surface area contributed by atoms with E-state index < -0.39 is 39.2 Å². The Bertz CT molecular complexity index is 498. The normalized spacial score (nSPS) is 14.6. The Kier molecular flexibility index (Phi) is 3.80. The average Bonchev–Trinajstić information content (AvgIpc) is 2.13. The predicted molar refractivity (Wildman–Crippen MR) is 54.4 cm³/mol. The maximum absolute atomic E-state index is 12.5. The first-order chi connectivity index (χ1) is 7.61. The van der Waals surface area contributed by atoms with Gasteiger partial charge in [0.15, 0.2) is 0 Å². The minimum absolute atomic E-state index is 0.506. The summed E-state index contributed by atoms with van der Waals surface area (Å²) in [6.45, 7) is 0. The van der Waals surface area contributed by atoms with Crippen molar-refractivity contribution in [3.05, 3.63) is 35.4 Å². The molecule has 0 fully saturated rings. The number of benzene rings is 1. The molecule has 3 N–H and O–H groups in total. The first kappa shape index (κ1) is 13.9. The number of halogens is 3. The largest absolute Gasteiger partial charge is 0.416 e. The van der Waals surface area contributed by atoms with Crippen LogP contribution in [0.25, 0.3) is 0 Å². The molecular weight excluding hydrogens is 259 g/mol. The zero-order chi connectivity index (χ0) is 13.3. The van der Waals surface area contributed by atoms with Gasteiger partial charge in [-0.15, -0.1) is 0 Å². The molecule has 1 atom stereocenters. The minimum atomic E-state index is -4.66. The molecule has 4 nitrogen and oxygen atoms in total. The Labute approximate surface area is 95.9 Å². The van der Waals surface area contributed by atoms with Gasteiger partial charge in [0.25, 0.3) is 0 Å². The molecule has 0 saturated carbocycles. The number of aliphatic hydroxyl groups is 1. The predicted octanol–water partition coefficient (Wildman–Crippen LogP) is 1.03. The van der Waals surface area contributed by atoms with Crippen molar-refractivity contribution in [3.63, 3.8) is 0 Å². The zero-order valence-electron chi connectivity index (χ0n) is 8.48. The number of hydrogen-bond acceptors (Lipinski definition) is 3. The van der Waals surface area contributed by atoms with Gasteiger partial charge in [0.05, 0.1) is 17.4 Å². The Morgan fingerprint density at radius 2 is 1.82 bits per heavy atom. The van der Waals surface area contributed by atoms with E-state index in [1.54, 1.807) is 0 Å². The number of rotatable bonds is 3. The summed E-state index contributed by atoms with van der Waals surface area (Å²) in [5.74, 6) is -0.958. The van der Waals surface area contributed by atoms with Crippen molar-refractivity contribution in [2.45, 2.75) is 12.3 Å². The number of aliphatic hydroxyl groups excluding tert-OH is 1. The highest BCUT2D eigenvalue weighted by molar-refractivity contribution is 7.89. The fraction of sp³-hybridized carbons (Fsp3) is 0.333. The van der Waals surface area contributed by atoms with Crippen molar-refractivity contribution < 1.29 is 26.7 Å². The van der Waals surface area contributed by atoms with Gasteiger partial charge >= 0.3 is 6.18 Å². The zero-order valence-corrected chi connectivity index (χ0v) is 9.29. The Balaban J connectivity index is 3.14. The first-order valence-electron chi connectivity index (χ1n) is 4.46. The first-order valence-corrected chi connectivity index (χ1v) is 6.17. The number of nitrogens with two attached hydrogens (primary N) is 1. The van der Waals surface area contributed by atoms with Crippen LogP contribution < -0.4 is 5.14 Å². The van der Waals surface area contributed by atoms with Gasteiger partial charge in [0.2, 0.25) is 10.0 Å². The van der Waals surface area contributed by atoms with E-state index in [2.05, 4.69) is 5.14 Å². The van der Waals surface area contributed by atoms with Crippen LogP contribution in [0.15, 0.2) is 24.3 Å². The van der Waals surface area contributed by atoms with E-state index in [9.17, 15) is 26.7 Å². The lowest BCUT2D eigenvalue weighted by Gasteiger charge is -2.16.